The average molecular weight is 430 g/mol. The molecule has 1 fully saturated rings. The second-order valence-corrected chi connectivity index (χ2v) is 11.1. The van der Waals surface area contributed by atoms with E-state index >= 15 is 0 Å². The second-order valence-electron chi connectivity index (χ2n) is 9.77. The summed E-state index contributed by atoms with van der Waals surface area (Å²) >= 11 is 0. The summed E-state index contributed by atoms with van der Waals surface area (Å²) in [6, 6.07) is 4.14. The number of hydrogen-bond donors (Lipinski definition) is 1. The van der Waals surface area contributed by atoms with Gasteiger partial charge in [0.25, 0.3) is 0 Å². The zero-order chi connectivity index (χ0) is 21.1. The first-order chi connectivity index (χ1) is 14.3. The minimum Gasteiger partial charge on any atom is -0.371 e. The predicted octanol–water partition coefficient (Wildman–Crippen LogP) is 4.57. The Kier molecular flexibility index (Phi) is 4.86. The van der Waals surface area contributed by atoms with Crippen LogP contribution in [0.15, 0.2) is 23.8 Å². The van der Waals surface area contributed by atoms with Crippen molar-refractivity contribution in [2.45, 2.75) is 77.7 Å². The van der Waals surface area contributed by atoms with E-state index in [0.717, 1.165) is 56.1 Å². The van der Waals surface area contributed by atoms with Gasteiger partial charge in [-0.3, -0.25) is 4.79 Å². The van der Waals surface area contributed by atoms with E-state index in [1.165, 1.54) is 11.1 Å². The summed E-state index contributed by atoms with van der Waals surface area (Å²) < 4.78 is 31.2. The number of Topliss-reactive ketones (excluding diaryl/α,β-unsaturated/α-hetero) is 1. The lowest BCUT2D eigenvalue weighted by Crippen LogP contribution is -2.42. The SMILES string of the molecule is CCCCC(=O)C1=CCC2C3CCc4cc5c(cc4C3CCC12C)CNS(=O)(=O)O5. The van der Waals surface area contributed by atoms with Crippen molar-refractivity contribution in [1.29, 1.82) is 0 Å². The van der Waals surface area contributed by atoms with Gasteiger partial charge in [-0.25, -0.2) is 0 Å². The molecular formula is C24H31NO4S. The van der Waals surface area contributed by atoms with Gasteiger partial charge in [0.2, 0.25) is 0 Å². The second kappa shape index (κ2) is 7.20. The molecule has 6 heteroatoms. The van der Waals surface area contributed by atoms with Crippen LogP contribution >= 0.6 is 0 Å². The Morgan fingerprint density at radius 1 is 1.27 bits per heavy atom. The maximum atomic E-state index is 12.9. The highest BCUT2D eigenvalue weighted by Gasteiger charge is 2.53. The van der Waals surface area contributed by atoms with Crippen LogP contribution < -0.4 is 8.91 Å². The van der Waals surface area contributed by atoms with Gasteiger partial charge in [-0.1, -0.05) is 32.4 Å². The van der Waals surface area contributed by atoms with E-state index in [-0.39, 0.29) is 5.41 Å². The molecule has 30 heavy (non-hydrogen) atoms. The Bertz CT molecular complexity index is 1030. The zero-order valence-corrected chi connectivity index (χ0v) is 18.7. The highest BCUT2D eigenvalue weighted by molar-refractivity contribution is 7.85. The number of unbranched alkanes of at least 4 members (excludes halogenated alkanes) is 1. The monoisotopic (exact) mass is 429 g/mol. The summed E-state index contributed by atoms with van der Waals surface area (Å²) in [5.74, 6) is 2.47. The van der Waals surface area contributed by atoms with Gasteiger partial charge >= 0.3 is 10.3 Å². The molecule has 1 aliphatic heterocycles. The molecule has 5 rings (SSSR count). The summed E-state index contributed by atoms with van der Waals surface area (Å²) in [7, 11) is -3.68. The molecule has 3 aliphatic carbocycles. The summed E-state index contributed by atoms with van der Waals surface area (Å²) in [5, 5.41) is 0. The number of nitrogens with one attached hydrogen (secondary N) is 1. The molecule has 162 valence electrons. The number of aryl methyl sites for hydroxylation is 1. The lowest BCUT2D eigenvalue weighted by atomic mass is 9.54. The van der Waals surface area contributed by atoms with Crippen LogP contribution in [0, 0.1) is 17.3 Å². The minimum atomic E-state index is -3.68. The first-order valence-corrected chi connectivity index (χ1v) is 12.8. The van der Waals surface area contributed by atoms with E-state index in [4.69, 9.17) is 4.18 Å². The third-order valence-electron chi connectivity index (χ3n) is 8.18. The molecule has 0 spiro atoms. The van der Waals surface area contributed by atoms with Crippen LogP contribution in [0.2, 0.25) is 0 Å². The van der Waals surface area contributed by atoms with Gasteiger partial charge in [-0.2, -0.15) is 13.1 Å². The van der Waals surface area contributed by atoms with Crippen molar-refractivity contribution in [2.24, 2.45) is 17.3 Å². The van der Waals surface area contributed by atoms with E-state index in [0.29, 0.717) is 42.3 Å². The van der Waals surface area contributed by atoms with Gasteiger partial charge < -0.3 is 4.18 Å². The molecule has 4 aliphatic rings. The largest absolute Gasteiger partial charge is 0.382 e. The predicted molar refractivity (Wildman–Crippen MR) is 115 cm³/mol. The van der Waals surface area contributed by atoms with E-state index in [2.05, 4.69) is 30.7 Å². The first-order valence-electron chi connectivity index (χ1n) is 11.4. The van der Waals surface area contributed by atoms with Gasteiger partial charge in [-0.15, -0.1) is 0 Å². The molecule has 0 aromatic heterocycles. The van der Waals surface area contributed by atoms with Crippen LogP contribution in [0.25, 0.3) is 0 Å². The van der Waals surface area contributed by atoms with Crippen LogP contribution in [0.3, 0.4) is 0 Å². The van der Waals surface area contributed by atoms with Crippen LogP contribution in [-0.4, -0.2) is 14.2 Å². The van der Waals surface area contributed by atoms with Crippen molar-refractivity contribution in [3.63, 3.8) is 0 Å². The van der Waals surface area contributed by atoms with Gasteiger partial charge in [0, 0.05) is 18.5 Å². The number of allylic oxidation sites excluding steroid dienone is 2. The first kappa shape index (κ1) is 20.3. The molecule has 1 saturated carbocycles. The van der Waals surface area contributed by atoms with Crippen LogP contribution in [-0.2, 0) is 28.1 Å². The van der Waals surface area contributed by atoms with E-state index in [9.17, 15) is 13.2 Å². The van der Waals surface area contributed by atoms with Crippen molar-refractivity contribution in [1.82, 2.24) is 4.72 Å². The number of carbonyl (C=O) groups excluding carboxylic acids is 1. The summed E-state index contributed by atoms with van der Waals surface area (Å²) in [4.78, 5) is 12.9. The summed E-state index contributed by atoms with van der Waals surface area (Å²) in [5.41, 5.74) is 4.68. The highest BCUT2D eigenvalue weighted by Crippen LogP contribution is 2.61. The van der Waals surface area contributed by atoms with E-state index in [1.54, 1.807) is 0 Å². The zero-order valence-electron chi connectivity index (χ0n) is 17.9. The lowest BCUT2D eigenvalue weighted by Gasteiger charge is -2.50. The molecular weight excluding hydrogens is 398 g/mol. The van der Waals surface area contributed by atoms with E-state index in [1.807, 2.05) is 6.07 Å². The van der Waals surface area contributed by atoms with Crippen molar-refractivity contribution < 1.29 is 17.4 Å². The van der Waals surface area contributed by atoms with Crippen molar-refractivity contribution in [3.8, 4) is 5.75 Å². The minimum absolute atomic E-state index is 0.0243. The standard InChI is InChI=1S/C24H31NO4S/c1-3-4-5-22(26)21-9-8-20-18-7-6-15-13-23-16(14-25-30(27,28)29-23)12-19(15)17(18)10-11-24(20,21)2/h9,12-13,17-18,20,25H,3-8,10-11,14H2,1-2H3. The van der Waals surface area contributed by atoms with Crippen molar-refractivity contribution >= 4 is 16.1 Å². The quantitative estimate of drug-likeness (QED) is 0.761. The fraction of sp³-hybridized carbons (Fsp3) is 0.625. The molecule has 0 bridgehead atoms. The molecule has 0 radical (unpaired) electrons. The maximum absolute atomic E-state index is 12.9. The summed E-state index contributed by atoms with van der Waals surface area (Å²) in [6.45, 7) is 4.77. The lowest BCUT2D eigenvalue weighted by molar-refractivity contribution is -0.117. The van der Waals surface area contributed by atoms with Crippen LogP contribution in [0.5, 0.6) is 5.75 Å². The smallest absolute Gasteiger partial charge is 0.371 e. The molecule has 1 N–H and O–H groups in total. The number of carbonyl (C=O) groups is 1. The molecule has 0 saturated heterocycles. The van der Waals surface area contributed by atoms with Gasteiger partial charge in [0.15, 0.2) is 5.78 Å². The van der Waals surface area contributed by atoms with Gasteiger partial charge in [0.1, 0.15) is 5.75 Å². The Morgan fingerprint density at radius 3 is 2.90 bits per heavy atom. The molecule has 4 atom stereocenters. The molecule has 5 nitrogen and oxygen atoms in total. The Hall–Kier alpha value is -1.66. The normalized spacial score (nSPS) is 33.4. The molecule has 0 amide bonds. The summed E-state index contributed by atoms with van der Waals surface area (Å²) in [6.07, 6.45) is 10.2. The Balaban J connectivity index is 1.42. The Morgan fingerprint density at radius 2 is 2.10 bits per heavy atom. The molecule has 1 heterocycles. The average Bonchev–Trinajstić information content (AvgIpc) is 3.07. The number of benzene rings is 1. The fourth-order valence-electron chi connectivity index (χ4n) is 6.65. The molecule has 1 aromatic carbocycles. The van der Waals surface area contributed by atoms with Crippen molar-refractivity contribution in [2.75, 3.05) is 0 Å². The van der Waals surface area contributed by atoms with Gasteiger partial charge in [-0.05, 0) is 84.5 Å². The van der Waals surface area contributed by atoms with E-state index < -0.39 is 10.3 Å². The topological polar surface area (TPSA) is 72.5 Å². The number of ketones is 1. The Labute approximate surface area is 179 Å². The highest BCUT2D eigenvalue weighted by atomic mass is 32.2. The number of hydrogen-bond acceptors (Lipinski definition) is 4. The third kappa shape index (κ3) is 3.14. The number of rotatable bonds is 4. The maximum Gasteiger partial charge on any atom is 0.382 e. The third-order valence-corrected chi connectivity index (χ3v) is 9.08. The van der Waals surface area contributed by atoms with Crippen LogP contribution in [0.4, 0.5) is 0 Å². The number of fused-ring (bicyclic) bond motifs is 6. The van der Waals surface area contributed by atoms with Gasteiger partial charge in [0.05, 0.1) is 0 Å². The van der Waals surface area contributed by atoms with Crippen molar-refractivity contribution in [3.05, 3.63) is 40.5 Å². The fourth-order valence-corrected chi connectivity index (χ4v) is 7.43. The molecule has 1 aromatic rings. The van der Waals surface area contributed by atoms with Crippen LogP contribution in [0.1, 0.15) is 81.4 Å². The molecule has 4 unspecified atom stereocenters.